The molecular formula is C17H23IN4O. The molecule has 1 aliphatic heterocycles. The van der Waals surface area contributed by atoms with E-state index in [1.54, 1.807) is 0 Å². The van der Waals surface area contributed by atoms with E-state index in [-0.39, 0.29) is 35.8 Å². The number of nitrogens with two attached hydrogens (primary N) is 1. The number of hydrogen-bond donors (Lipinski definition) is 1. The van der Waals surface area contributed by atoms with E-state index in [1.165, 1.54) is 11.1 Å². The van der Waals surface area contributed by atoms with Crippen molar-refractivity contribution in [1.29, 1.82) is 0 Å². The molecule has 0 saturated carbocycles. The van der Waals surface area contributed by atoms with E-state index >= 15 is 0 Å². The fourth-order valence-corrected chi connectivity index (χ4v) is 3.17. The minimum atomic E-state index is -0.185. The summed E-state index contributed by atoms with van der Waals surface area (Å²) in [4.78, 5) is 13.7. The Hall–Kier alpha value is -1.41. The van der Waals surface area contributed by atoms with Gasteiger partial charge in [-0.2, -0.15) is 5.10 Å². The van der Waals surface area contributed by atoms with Gasteiger partial charge in [-0.25, -0.2) is 0 Å². The lowest BCUT2D eigenvalue weighted by Gasteiger charge is -2.13. The van der Waals surface area contributed by atoms with Gasteiger partial charge in [-0.3, -0.25) is 14.4 Å². The van der Waals surface area contributed by atoms with Crippen LogP contribution < -0.4 is 5.73 Å². The molecule has 0 radical (unpaired) electrons. The number of aromatic nitrogens is 2. The molecule has 1 fully saturated rings. The summed E-state index contributed by atoms with van der Waals surface area (Å²) in [5, 5.41) is 4.43. The van der Waals surface area contributed by atoms with Crippen molar-refractivity contribution in [3.05, 3.63) is 53.9 Å². The van der Waals surface area contributed by atoms with Crippen LogP contribution in [0, 0.1) is 11.8 Å². The zero-order chi connectivity index (χ0) is 15.5. The number of amides is 1. The third-order valence-electron chi connectivity index (χ3n) is 4.33. The van der Waals surface area contributed by atoms with Crippen molar-refractivity contribution in [3.8, 4) is 0 Å². The van der Waals surface area contributed by atoms with E-state index < -0.39 is 0 Å². The number of halogens is 1. The summed E-state index contributed by atoms with van der Waals surface area (Å²) in [6.45, 7) is 5.36. The molecule has 0 unspecified atom stereocenters. The summed E-state index contributed by atoms with van der Waals surface area (Å²) in [5.41, 5.74) is 7.86. The van der Waals surface area contributed by atoms with Crippen molar-refractivity contribution < 1.29 is 4.79 Å². The van der Waals surface area contributed by atoms with Gasteiger partial charge in [-0.15, -0.1) is 24.0 Å². The van der Waals surface area contributed by atoms with Gasteiger partial charge in [-0.1, -0.05) is 37.3 Å². The van der Waals surface area contributed by atoms with Crippen LogP contribution in [0.4, 0.5) is 0 Å². The summed E-state index contributed by atoms with van der Waals surface area (Å²) in [6, 6.07) is 10.3. The number of carbonyl (C=O) groups excluding carboxylic acids is 1. The SMILES string of the molecule is C[C@@H]1CN(Cc2cnn(Cc3ccccc3)c2)C[C@H]1C(N)=O.I. The zero-order valence-electron chi connectivity index (χ0n) is 13.3. The Labute approximate surface area is 153 Å². The van der Waals surface area contributed by atoms with E-state index in [0.29, 0.717) is 5.92 Å². The smallest absolute Gasteiger partial charge is 0.222 e. The van der Waals surface area contributed by atoms with Crippen molar-refractivity contribution in [2.45, 2.75) is 20.0 Å². The molecule has 0 bridgehead atoms. The topological polar surface area (TPSA) is 64.2 Å². The van der Waals surface area contributed by atoms with Gasteiger partial charge >= 0.3 is 0 Å². The fourth-order valence-electron chi connectivity index (χ4n) is 3.17. The maximum atomic E-state index is 11.4. The zero-order valence-corrected chi connectivity index (χ0v) is 15.6. The fraction of sp³-hybridized carbons (Fsp3) is 0.412. The van der Waals surface area contributed by atoms with Gasteiger partial charge in [0.25, 0.3) is 0 Å². The Morgan fingerprint density at radius 1 is 1.22 bits per heavy atom. The molecule has 1 aliphatic rings. The molecule has 1 aromatic carbocycles. The molecule has 124 valence electrons. The highest BCUT2D eigenvalue weighted by Gasteiger charge is 2.33. The van der Waals surface area contributed by atoms with Gasteiger partial charge < -0.3 is 5.73 Å². The van der Waals surface area contributed by atoms with Crippen LogP contribution in [0.15, 0.2) is 42.7 Å². The molecule has 0 aliphatic carbocycles. The van der Waals surface area contributed by atoms with Gasteiger partial charge in [0.05, 0.1) is 18.7 Å². The lowest BCUT2D eigenvalue weighted by atomic mass is 9.98. The third-order valence-corrected chi connectivity index (χ3v) is 4.33. The second-order valence-corrected chi connectivity index (χ2v) is 6.21. The molecule has 23 heavy (non-hydrogen) atoms. The number of hydrogen-bond acceptors (Lipinski definition) is 3. The van der Waals surface area contributed by atoms with Crippen LogP contribution in [-0.2, 0) is 17.9 Å². The first kappa shape index (κ1) is 17.9. The van der Waals surface area contributed by atoms with Gasteiger partial charge in [0.15, 0.2) is 0 Å². The molecule has 2 N–H and O–H groups in total. The summed E-state index contributed by atoms with van der Waals surface area (Å²) in [7, 11) is 0. The molecule has 1 amide bonds. The van der Waals surface area contributed by atoms with Crippen molar-refractivity contribution in [1.82, 2.24) is 14.7 Å². The van der Waals surface area contributed by atoms with Crippen molar-refractivity contribution >= 4 is 29.9 Å². The van der Waals surface area contributed by atoms with Crippen LogP contribution in [0.3, 0.4) is 0 Å². The molecule has 0 spiro atoms. The summed E-state index contributed by atoms with van der Waals surface area (Å²) in [6.07, 6.45) is 3.99. The Morgan fingerprint density at radius 2 is 1.96 bits per heavy atom. The maximum absolute atomic E-state index is 11.4. The highest BCUT2D eigenvalue weighted by molar-refractivity contribution is 14.0. The van der Waals surface area contributed by atoms with Crippen molar-refractivity contribution in [2.24, 2.45) is 17.6 Å². The summed E-state index contributed by atoms with van der Waals surface area (Å²) < 4.78 is 1.95. The Morgan fingerprint density at radius 3 is 2.61 bits per heavy atom. The summed E-state index contributed by atoms with van der Waals surface area (Å²) >= 11 is 0. The van der Waals surface area contributed by atoms with Crippen molar-refractivity contribution in [3.63, 3.8) is 0 Å². The monoisotopic (exact) mass is 426 g/mol. The van der Waals surface area contributed by atoms with Crippen LogP contribution in [0.1, 0.15) is 18.1 Å². The van der Waals surface area contributed by atoms with Crippen LogP contribution in [0.25, 0.3) is 0 Å². The normalized spacial score (nSPS) is 21.1. The van der Waals surface area contributed by atoms with Crippen LogP contribution in [0.2, 0.25) is 0 Å². The Kier molecular flexibility index (Phi) is 6.17. The highest BCUT2D eigenvalue weighted by Crippen LogP contribution is 2.24. The number of rotatable bonds is 5. The molecular weight excluding hydrogens is 403 g/mol. The summed E-state index contributed by atoms with van der Waals surface area (Å²) in [5.74, 6) is 0.117. The van der Waals surface area contributed by atoms with Crippen molar-refractivity contribution in [2.75, 3.05) is 13.1 Å². The standard InChI is InChI=1S/C17H22N4O.HI/c1-13-8-20(12-16(13)17(18)22)9-15-7-19-21(11-15)10-14-5-3-2-4-6-14;/h2-7,11,13,16H,8-10,12H2,1H3,(H2,18,22);1H/t13-,16-;/m1./s1. The molecule has 1 aromatic heterocycles. The van der Waals surface area contributed by atoms with E-state index in [1.807, 2.05) is 29.1 Å². The predicted molar refractivity (Wildman–Crippen MR) is 100 cm³/mol. The Balaban J connectivity index is 0.00000192. The number of carbonyl (C=O) groups is 1. The number of likely N-dealkylation sites (tertiary alicyclic amines) is 1. The average Bonchev–Trinajstić information content (AvgIpc) is 3.07. The minimum Gasteiger partial charge on any atom is -0.369 e. The van der Waals surface area contributed by atoms with E-state index in [9.17, 15) is 4.79 Å². The second kappa shape index (κ2) is 7.92. The van der Waals surface area contributed by atoms with Gasteiger partial charge in [0.2, 0.25) is 5.91 Å². The maximum Gasteiger partial charge on any atom is 0.222 e. The molecule has 2 heterocycles. The van der Waals surface area contributed by atoms with Crippen LogP contribution in [0.5, 0.6) is 0 Å². The lowest BCUT2D eigenvalue weighted by Crippen LogP contribution is -2.29. The van der Waals surface area contributed by atoms with E-state index in [2.05, 4.69) is 35.3 Å². The molecule has 2 aromatic rings. The largest absolute Gasteiger partial charge is 0.369 e. The highest BCUT2D eigenvalue weighted by atomic mass is 127. The predicted octanol–water partition coefficient (Wildman–Crippen LogP) is 2.10. The minimum absolute atomic E-state index is 0. The molecule has 6 heteroatoms. The molecule has 2 atom stereocenters. The van der Waals surface area contributed by atoms with E-state index in [4.69, 9.17) is 5.73 Å². The first-order valence-electron chi connectivity index (χ1n) is 7.69. The van der Waals surface area contributed by atoms with Crippen LogP contribution >= 0.6 is 24.0 Å². The van der Waals surface area contributed by atoms with Gasteiger partial charge in [0, 0.05) is 31.4 Å². The van der Waals surface area contributed by atoms with Gasteiger partial charge in [0.1, 0.15) is 0 Å². The lowest BCUT2D eigenvalue weighted by molar-refractivity contribution is -0.122. The van der Waals surface area contributed by atoms with E-state index in [0.717, 1.165) is 26.2 Å². The second-order valence-electron chi connectivity index (χ2n) is 6.21. The molecule has 1 saturated heterocycles. The Bertz CT molecular complexity index is 643. The first-order chi connectivity index (χ1) is 10.6. The number of nitrogens with zero attached hydrogens (tertiary/aromatic N) is 3. The molecule has 5 nitrogen and oxygen atoms in total. The van der Waals surface area contributed by atoms with Gasteiger partial charge in [-0.05, 0) is 11.5 Å². The average molecular weight is 426 g/mol. The number of benzene rings is 1. The number of primary amides is 1. The quantitative estimate of drug-likeness (QED) is 0.745. The van der Waals surface area contributed by atoms with Crippen LogP contribution in [-0.4, -0.2) is 33.7 Å². The third kappa shape index (κ3) is 4.54. The molecule has 3 rings (SSSR count). The first-order valence-corrected chi connectivity index (χ1v) is 7.69.